The van der Waals surface area contributed by atoms with Crippen LogP contribution in [-0.4, -0.2) is 38.2 Å². The van der Waals surface area contributed by atoms with Crippen LogP contribution >= 0.6 is 11.6 Å². The zero-order valence-electron chi connectivity index (χ0n) is 12.0. The third-order valence-electron chi connectivity index (χ3n) is 3.13. The van der Waals surface area contributed by atoms with E-state index in [0.29, 0.717) is 25.6 Å². The molecule has 0 unspecified atom stereocenters. The molecular formula is C15H17ClO5. The lowest BCUT2D eigenvalue weighted by atomic mass is 9.90. The van der Waals surface area contributed by atoms with Crippen molar-refractivity contribution in [2.45, 2.75) is 13.8 Å². The van der Waals surface area contributed by atoms with E-state index in [0.717, 1.165) is 0 Å². The van der Waals surface area contributed by atoms with Crippen LogP contribution in [0.3, 0.4) is 0 Å². The Morgan fingerprint density at radius 2 is 2.10 bits per heavy atom. The van der Waals surface area contributed by atoms with Crippen molar-refractivity contribution in [3.63, 3.8) is 0 Å². The highest BCUT2D eigenvalue weighted by Crippen LogP contribution is 2.31. The lowest BCUT2D eigenvalue weighted by molar-refractivity contribution is -0.137. The van der Waals surface area contributed by atoms with Crippen molar-refractivity contribution in [3.05, 3.63) is 28.8 Å². The van der Waals surface area contributed by atoms with E-state index in [9.17, 15) is 9.59 Å². The van der Waals surface area contributed by atoms with Crippen LogP contribution in [0, 0.1) is 5.41 Å². The molecule has 114 valence electrons. The molecule has 1 fully saturated rings. The minimum Gasteiger partial charge on any atom is -0.491 e. The van der Waals surface area contributed by atoms with Crippen molar-refractivity contribution in [1.29, 1.82) is 0 Å². The van der Waals surface area contributed by atoms with E-state index in [1.807, 2.05) is 0 Å². The van der Waals surface area contributed by atoms with Gasteiger partial charge in [0, 0.05) is 11.0 Å². The summed E-state index contributed by atoms with van der Waals surface area (Å²) in [5, 5.41) is 0.286. The molecule has 21 heavy (non-hydrogen) atoms. The van der Waals surface area contributed by atoms with E-state index in [1.54, 1.807) is 13.0 Å². The molecule has 0 spiro atoms. The van der Waals surface area contributed by atoms with Gasteiger partial charge in [0.05, 0.1) is 31.5 Å². The Kier molecular flexibility index (Phi) is 4.85. The Morgan fingerprint density at radius 3 is 2.62 bits per heavy atom. The van der Waals surface area contributed by atoms with Gasteiger partial charge in [-0.1, -0.05) is 18.5 Å². The van der Waals surface area contributed by atoms with Gasteiger partial charge in [0.1, 0.15) is 5.75 Å². The van der Waals surface area contributed by atoms with Crippen molar-refractivity contribution < 1.29 is 23.8 Å². The highest BCUT2D eigenvalue weighted by atomic mass is 35.5. The summed E-state index contributed by atoms with van der Waals surface area (Å²) in [4.78, 5) is 23.2. The summed E-state index contributed by atoms with van der Waals surface area (Å²) in [6.07, 6.45) is 0. The maximum Gasteiger partial charge on any atom is 0.379 e. The van der Waals surface area contributed by atoms with Gasteiger partial charge in [0.15, 0.2) is 0 Å². The molecule has 2 rings (SSSR count). The molecule has 1 aromatic carbocycles. The molecule has 0 bridgehead atoms. The van der Waals surface area contributed by atoms with Crippen molar-refractivity contribution in [1.82, 2.24) is 0 Å². The smallest absolute Gasteiger partial charge is 0.379 e. The Bertz CT molecular complexity index is 551. The summed E-state index contributed by atoms with van der Waals surface area (Å²) in [5.74, 6) is -1.13. The fourth-order valence-electron chi connectivity index (χ4n) is 1.86. The standard InChI is InChI=1S/C15H17ClO5/c1-3-20-14(18)13(17)10-4-5-12(11(16)6-10)21-9-15(2)7-19-8-15/h4-6H,3,7-9H2,1-2H3. The van der Waals surface area contributed by atoms with Gasteiger partial charge in [-0.05, 0) is 25.1 Å². The normalized spacial score (nSPS) is 16.0. The molecule has 1 heterocycles. The van der Waals surface area contributed by atoms with Crippen molar-refractivity contribution in [2.75, 3.05) is 26.4 Å². The van der Waals surface area contributed by atoms with Crippen molar-refractivity contribution >= 4 is 23.4 Å². The number of rotatable bonds is 6. The third kappa shape index (κ3) is 3.74. The first-order valence-corrected chi connectivity index (χ1v) is 7.04. The van der Waals surface area contributed by atoms with E-state index < -0.39 is 11.8 Å². The number of hydrogen-bond acceptors (Lipinski definition) is 5. The second kappa shape index (κ2) is 6.45. The van der Waals surface area contributed by atoms with E-state index in [2.05, 4.69) is 11.7 Å². The molecule has 0 saturated carbocycles. The Morgan fingerprint density at radius 1 is 1.38 bits per heavy atom. The maximum absolute atomic E-state index is 11.8. The quantitative estimate of drug-likeness (QED) is 0.459. The van der Waals surface area contributed by atoms with Crippen LogP contribution in [0.1, 0.15) is 24.2 Å². The summed E-state index contributed by atoms with van der Waals surface area (Å²) < 4.78 is 15.5. The zero-order valence-corrected chi connectivity index (χ0v) is 12.7. The van der Waals surface area contributed by atoms with Crippen LogP contribution in [0.2, 0.25) is 5.02 Å². The molecule has 0 amide bonds. The number of benzene rings is 1. The Hall–Kier alpha value is -1.59. The molecule has 0 aliphatic carbocycles. The predicted octanol–water partition coefficient (Wildman–Crippen LogP) is 2.50. The van der Waals surface area contributed by atoms with Crippen molar-refractivity contribution in [3.8, 4) is 5.75 Å². The Balaban J connectivity index is 2.03. The second-order valence-electron chi connectivity index (χ2n) is 5.29. The lowest BCUT2D eigenvalue weighted by Crippen LogP contribution is -2.44. The second-order valence-corrected chi connectivity index (χ2v) is 5.69. The first kappa shape index (κ1) is 15.8. The number of carbonyl (C=O) groups is 2. The summed E-state index contributed by atoms with van der Waals surface area (Å²) in [5.41, 5.74) is 0.187. The molecule has 0 N–H and O–H groups in total. The summed E-state index contributed by atoms with van der Waals surface area (Å²) in [7, 11) is 0. The highest BCUT2D eigenvalue weighted by molar-refractivity contribution is 6.41. The first-order chi connectivity index (χ1) is 9.95. The molecule has 1 aliphatic rings. The van der Waals surface area contributed by atoms with Gasteiger partial charge in [-0.25, -0.2) is 4.79 Å². The number of ether oxygens (including phenoxy) is 3. The van der Waals surface area contributed by atoms with Gasteiger partial charge in [0.2, 0.25) is 0 Å². The molecular weight excluding hydrogens is 296 g/mol. The van der Waals surface area contributed by atoms with Crippen LogP contribution in [-0.2, 0) is 14.3 Å². The number of Topliss-reactive ketones (excluding diaryl/α,β-unsaturated/α-hetero) is 1. The molecule has 0 atom stereocenters. The fourth-order valence-corrected chi connectivity index (χ4v) is 2.09. The number of ketones is 1. The van der Waals surface area contributed by atoms with Gasteiger partial charge in [-0.2, -0.15) is 0 Å². The van der Waals surface area contributed by atoms with Crippen LogP contribution in [0.25, 0.3) is 0 Å². The molecule has 0 aromatic heterocycles. The van der Waals surface area contributed by atoms with Crippen LogP contribution in [0.15, 0.2) is 18.2 Å². The SMILES string of the molecule is CCOC(=O)C(=O)c1ccc(OCC2(C)COC2)c(Cl)c1. The number of carbonyl (C=O) groups excluding carboxylic acids is 2. The van der Waals surface area contributed by atoms with E-state index in [4.69, 9.17) is 21.1 Å². The number of halogens is 1. The molecule has 6 heteroatoms. The molecule has 1 aromatic rings. The molecule has 1 saturated heterocycles. The van der Waals surface area contributed by atoms with Gasteiger partial charge in [-0.15, -0.1) is 0 Å². The fraction of sp³-hybridized carbons (Fsp3) is 0.467. The van der Waals surface area contributed by atoms with E-state index in [1.165, 1.54) is 12.1 Å². The number of esters is 1. The predicted molar refractivity (Wildman–Crippen MR) is 76.8 cm³/mol. The lowest BCUT2D eigenvalue weighted by Gasteiger charge is -2.37. The average molecular weight is 313 g/mol. The van der Waals surface area contributed by atoms with E-state index >= 15 is 0 Å². The summed E-state index contributed by atoms with van der Waals surface area (Å²) in [6, 6.07) is 4.49. The largest absolute Gasteiger partial charge is 0.491 e. The molecule has 0 radical (unpaired) electrons. The monoisotopic (exact) mass is 312 g/mol. The van der Waals surface area contributed by atoms with Gasteiger partial charge in [0.25, 0.3) is 5.78 Å². The minimum atomic E-state index is -0.888. The third-order valence-corrected chi connectivity index (χ3v) is 3.43. The topological polar surface area (TPSA) is 61.8 Å². The molecule has 1 aliphatic heterocycles. The van der Waals surface area contributed by atoms with Crippen molar-refractivity contribution in [2.24, 2.45) is 5.41 Å². The van der Waals surface area contributed by atoms with Gasteiger partial charge < -0.3 is 14.2 Å². The summed E-state index contributed by atoms with van der Waals surface area (Å²) in [6.45, 7) is 5.65. The Labute approximate surface area is 128 Å². The molecule has 5 nitrogen and oxygen atoms in total. The van der Waals surface area contributed by atoms with Crippen LogP contribution < -0.4 is 4.74 Å². The zero-order chi connectivity index (χ0) is 15.5. The van der Waals surface area contributed by atoms with Gasteiger partial charge in [-0.3, -0.25) is 4.79 Å². The van der Waals surface area contributed by atoms with Crippen LogP contribution in [0.4, 0.5) is 0 Å². The van der Waals surface area contributed by atoms with Crippen LogP contribution in [0.5, 0.6) is 5.75 Å². The first-order valence-electron chi connectivity index (χ1n) is 6.67. The minimum absolute atomic E-state index is 0.00273. The number of hydrogen-bond donors (Lipinski definition) is 0. The summed E-state index contributed by atoms with van der Waals surface area (Å²) >= 11 is 6.08. The average Bonchev–Trinajstić information content (AvgIpc) is 2.43. The van der Waals surface area contributed by atoms with E-state index in [-0.39, 0.29) is 22.6 Å². The highest BCUT2D eigenvalue weighted by Gasteiger charge is 2.34. The maximum atomic E-state index is 11.8. The van der Waals surface area contributed by atoms with Gasteiger partial charge >= 0.3 is 5.97 Å².